The fraction of sp³-hybridized carbons (Fsp3) is 0.519. The van der Waals surface area contributed by atoms with Crippen LogP contribution < -0.4 is 5.32 Å². The van der Waals surface area contributed by atoms with Gasteiger partial charge in [-0.05, 0) is 55.5 Å². The number of piperidine rings is 1. The van der Waals surface area contributed by atoms with Crippen LogP contribution in [0.2, 0.25) is 0 Å². The first kappa shape index (κ1) is 25.8. The van der Waals surface area contributed by atoms with Gasteiger partial charge in [-0.15, -0.1) is 0 Å². The van der Waals surface area contributed by atoms with Crippen LogP contribution in [0.1, 0.15) is 49.8 Å². The first-order valence-electron chi connectivity index (χ1n) is 12.6. The first-order chi connectivity index (χ1) is 16.8. The maximum Gasteiger partial charge on any atom is 0.243 e. The van der Waals surface area contributed by atoms with Crippen LogP contribution in [0.25, 0.3) is 0 Å². The Bertz CT molecular complexity index is 1090. The molecule has 2 atom stereocenters. The molecule has 4 rings (SSSR count). The molecule has 0 spiro atoms. The summed E-state index contributed by atoms with van der Waals surface area (Å²) in [6, 6.07) is 14.9. The van der Waals surface area contributed by atoms with Gasteiger partial charge in [-0.25, -0.2) is 8.42 Å². The van der Waals surface area contributed by atoms with Crippen molar-refractivity contribution in [3.05, 3.63) is 65.2 Å². The Labute approximate surface area is 209 Å². The Kier molecular flexibility index (Phi) is 8.59. The third-order valence-electron chi connectivity index (χ3n) is 6.72. The van der Waals surface area contributed by atoms with E-state index in [1.165, 1.54) is 5.56 Å². The fourth-order valence-electron chi connectivity index (χ4n) is 5.01. The second kappa shape index (κ2) is 11.6. The number of hydrogen-bond acceptors (Lipinski definition) is 5. The lowest BCUT2D eigenvalue weighted by atomic mass is 10.1. The molecule has 0 aromatic heterocycles. The van der Waals surface area contributed by atoms with Gasteiger partial charge in [-0.2, -0.15) is 4.31 Å². The Morgan fingerprint density at radius 3 is 2.23 bits per heavy atom. The van der Waals surface area contributed by atoms with E-state index in [0.717, 1.165) is 50.0 Å². The van der Waals surface area contributed by atoms with Crippen LogP contribution in [0.5, 0.6) is 0 Å². The minimum atomic E-state index is -3.46. The minimum absolute atomic E-state index is 0.0833. The molecule has 2 fully saturated rings. The van der Waals surface area contributed by atoms with Crippen molar-refractivity contribution in [2.75, 3.05) is 26.2 Å². The van der Waals surface area contributed by atoms with Gasteiger partial charge in [0.1, 0.15) is 0 Å². The summed E-state index contributed by atoms with van der Waals surface area (Å²) in [6.45, 7) is 8.45. The molecule has 0 radical (unpaired) electrons. The van der Waals surface area contributed by atoms with Gasteiger partial charge in [0.05, 0.1) is 23.5 Å². The normalized spacial score (nSPS) is 22.1. The summed E-state index contributed by atoms with van der Waals surface area (Å²) in [5.41, 5.74) is 3.11. The van der Waals surface area contributed by atoms with Crippen molar-refractivity contribution in [1.29, 1.82) is 0 Å². The van der Waals surface area contributed by atoms with Gasteiger partial charge in [0.2, 0.25) is 15.9 Å². The van der Waals surface area contributed by atoms with Gasteiger partial charge in [0, 0.05) is 39.3 Å². The highest BCUT2D eigenvalue weighted by Crippen LogP contribution is 2.21. The van der Waals surface area contributed by atoms with Crippen LogP contribution in [-0.2, 0) is 39.1 Å². The number of sulfonamides is 1. The molecule has 2 aliphatic rings. The van der Waals surface area contributed by atoms with Gasteiger partial charge in [0.15, 0.2) is 0 Å². The van der Waals surface area contributed by atoms with Crippen LogP contribution in [0.3, 0.4) is 0 Å². The standard InChI is InChI=1S/C27H37N3O4S/c1-21-18-29(19-22(2)34-21)20-25-9-5-4-8-24(25)17-28-27(31)16-23-10-12-26(13-11-23)35(32,33)30-14-6-3-7-15-30/h4-5,8-13,21-22H,3,6-7,14-20H2,1-2H3,(H,28,31). The monoisotopic (exact) mass is 499 g/mol. The predicted octanol–water partition coefficient (Wildman–Crippen LogP) is 3.33. The van der Waals surface area contributed by atoms with E-state index in [9.17, 15) is 13.2 Å². The number of morpholine rings is 1. The molecule has 2 unspecified atom stereocenters. The van der Waals surface area contributed by atoms with Crippen LogP contribution in [-0.4, -0.2) is 61.9 Å². The number of ether oxygens (including phenoxy) is 1. The van der Waals surface area contributed by atoms with Gasteiger partial charge in [-0.1, -0.05) is 42.8 Å². The zero-order valence-electron chi connectivity index (χ0n) is 20.8. The van der Waals surface area contributed by atoms with E-state index in [1.54, 1.807) is 28.6 Å². The van der Waals surface area contributed by atoms with Crippen LogP contribution in [0, 0.1) is 0 Å². The zero-order chi connectivity index (χ0) is 24.8. The quantitative estimate of drug-likeness (QED) is 0.603. The lowest BCUT2D eigenvalue weighted by molar-refractivity contribution is -0.120. The number of rotatable bonds is 8. The van der Waals surface area contributed by atoms with E-state index in [4.69, 9.17) is 4.74 Å². The van der Waals surface area contributed by atoms with Crippen LogP contribution in [0.4, 0.5) is 0 Å². The van der Waals surface area contributed by atoms with Crippen molar-refractivity contribution in [2.45, 2.75) is 69.7 Å². The van der Waals surface area contributed by atoms with Crippen LogP contribution in [0.15, 0.2) is 53.4 Å². The molecule has 2 aromatic carbocycles. The van der Waals surface area contributed by atoms with Crippen molar-refractivity contribution in [3.63, 3.8) is 0 Å². The molecule has 2 aliphatic heterocycles. The summed E-state index contributed by atoms with van der Waals surface area (Å²) in [5, 5.41) is 3.03. The minimum Gasteiger partial charge on any atom is -0.373 e. The highest BCUT2D eigenvalue weighted by atomic mass is 32.2. The molecule has 35 heavy (non-hydrogen) atoms. The number of hydrogen-bond donors (Lipinski definition) is 1. The largest absolute Gasteiger partial charge is 0.373 e. The Hall–Kier alpha value is -2.26. The predicted molar refractivity (Wildman–Crippen MR) is 136 cm³/mol. The zero-order valence-corrected chi connectivity index (χ0v) is 21.6. The molecule has 2 heterocycles. The fourth-order valence-corrected chi connectivity index (χ4v) is 6.53. The van der Waals surface area contributed by atoms with Gasteiger partial charge >= 0.3 is 0 Å². The number of benzene rings is 2. The number of nitrogens with one attached hydrogen (secondary N) is 1. The maximum absolute atomic E-state index is 12.8. The highest BCUT2D eigenvalue weighted by molar-refractivity contribution is 7.89. The van der Waals surface area contributed by atoms with E-state index in [0.29, 0.717) is 24.5 Å². The molecule has 0 saturated carbocycles. The summed E-state index contributed by atoms with van der Waals surface area (Å²) < 4.78 is 33.1. The van der Waals surface area contributed by atoms with Gasteiger partial charge in [-0.3, -0.25) is 9.69 Å². The average Bonchev–Trinajstić information content (AvgIpc) is 2.84. The third-order valence-corrected chi connectivity index (χ3v) is 8.64. The highest BCUT2D eigenvalue weighted by Gasteiger charge is 2.26. The second-order valence-corrected chi connectivity index (χ2v) is 11.7. The summed E-state index contributed by atoms with van der Waals surface area (Å²) in [4.78, 5) is 15.3. The molecule has 7 nitrogen and oxygen atoms in total. The van der Waals surface area contributed by atoms with E-state index in [-0.39, 0.29) is 24.5 Å². The first-order valence-corrected chi connectivity index (χ1v) is 14.1. The molecule has 2 saturated heterocycles. The van der Waals surface area contributed by atoms with E-state index < -0.39 is 10.0 Å². The van der Waals surface area contributed by atoms with Crippen molar-refractivity contribution in [1.82, 2.24) is 14.5 Å². The SMILES string of the molecule is CC1CN(Cc2ccccc2CNC(=O)Cc2ccc(S(=O)(=O)N3CCCCC3)cc2)CC(C)O1. The molecule has 0 aliphatic carbocycles. The van der Waals surface area contributed by atoms with Gasteiger partial charge in [0.25, 0.3) is 0 Å². The molecule has 190 valence electrons. The smallest absolute Gasteiger partial charge is 0.243 e. The topological polar surface area (TPSA) is 79.0 Å². The van der Waals surface area contributed by atoms with Crippen LogP contribution >= 0.6 is 0 Å². The molecular formula is C27H37N3O4S. The van der Waals surface area contributed by atoms with Crippen molar-refractivity contribution >= 4 is 15.9 Å². The third kappa shape index (κ3) is 6.91. The molecule has 2 aromatic rings. The summed E-state index contributed by atoms with van der Waals surface area (Å²) in [6.07, 6.45) is 3.54. The number of nitrogens with zero attached hydrogens (tertiary/aromatic N) is 2. The molecular weight excluding hydrogens is 462 g/mol. The summed E-state index contributed by atoms with van der Waals surface area (Å²) in [5.74, 6) is -0.0833. The lowest BCUT2D eigenvalue weighted by Crippen LogP contribution is -2.45. The van der Waals surface area contributed by atoms with Crippen molar-refractivity contribution in [3.8, 4) is 0 Å². The number of carbonyl (C=O) groups is 1. The Morgan fingerprint density at radius 1 is 0.943 bits per heavy atom. The van der Waals surface area contributed by atoms with E-state index in [1.807, 2.05) is 12.1 Å². The molecule has 1 amide bonds. The molecule has 8 heteroatoms. The van der Waals surface area contributed by atoms with Gasteiger partial charge < -0.3 is 10.1 Å². The molecule has 0 bridgehead atoms. The lowest BCUT2D eigenvalue weighted by Gasteiger charge is -2.35. The van der Waals surface area contributed by atoms with E-state index in [2.05, 4.69) is 36.2 Å². The summed E-state index contributed by atoms with van der Waals surface area (Å²) >= 11 is 0. The summed E-state index contributed by atoms with van der Waals surface area (Å²) in [7, 11) is -3.46. The molecule has 1 N–H and O–H groups in total. The van der Waals surface area contributed by atoms with E-state index >= 15 is 0 Å². The van der Waals surface area contributed by atoms with Crippen molar-refractivity contribution in [2.24, 2.45) is 0 Å². The number of carbonyl (C=O) groups excluding carboxylic acids is 1. The average molecular weight is 500 g/mol. The van der Waals surface area contributed by atoms with Crippen molar-refractivity contribution < 1.29 is 17.9 Å². The number of amides is 1. The maximum atomic E-state index is 12.8. The second-order valence-electron chi connectivity index (χ2n) is 9.78. The Balaban J connectivity index is 1.32. The Morgan fingerprint density at radius 2 is 1.57 bits per heavy atom.